The van der Waals surface area contributed by atoms with E-state index < -0.39 is 17.6 Å². The minimum absolute atomic E-state index is 0.239. The molecule has 0 spiro atoms. The van der Waals surface area contributed by atoms with Crippen molar-refractivity contribution in [3.8, 4) is 11.1 Å². The van der Waals surface area contributed by atoms with E-state index in [9.17, 15) is 14.4 Å². The van der Waals surface area contributed by atoms with Gasteiger partial charge < -0.3 is 20.9 Å². The van der Waals surface area contributed by atoms with E-state index in [1.165, 1.54) is 9.80 Å². The Morgan fingerprint density at radius 3 is 1.76 bits per heavy atom. The number of nitrogens with one attached hydrogen (secondary N) is 1. The summed E-state index contributed by atoms with van der Waals surface area (Å²) in [6.07, 6.45) is 3.39. The molecule has 0 saturated carbocycles. The van der Waals surface area contributed by atoms with Gasteiger partial charge in [-0.15, -0.1) is 0 Å². The van der Waals surface area contributed by atoms with Crippen molar-refractivity contribution in [1.29, 1.82) is 0 Å². The van der Waals surface area contributed by atoms with Crippen molar-refractivity contribution < 1.29 is 14.4 Å². The first kappa shape index (κ1) is 36.8. The lowest BCUT2D eigenvalue weighted by Gasteiger charge is -2.34. The van der Waals surface area contributed by atoms with Crippen LogP contribution in [0, 0.1) is 0 Å². The van der Waals surface area contributed by atoms with Crippen molar-refractivity contribution in [2.24, 2.45) is 5.73 Å². The topological polar surface area (TPSA) is 95.7 Å². The molecule has 0 heterocycles. The zero-order valence-corrected chi connectivity index (χ0v) is 29.4. The number of rotatable bonds is 15. The Morgan fingerprint density at radius 1 is 0.694 bits per heavy atom. The van der Waals surface area contributed by atoms with Crippen LogP contribution in [0.5, 0.6) is 0 Å². The zero-order chi connectivity index (χ0) is 35.4. The molecule has 4 rings (SSSR count). The van der Waals surface area contributed by atoms with Gasteiger partial charge >= 0.3 is 0 Å². The predicted molar refractivity (Wildman–Crippen MR) is 199 cm³/mol. The van der Waals surface area contributed by atoms with Gasteiger partial charge in [0, 0.05) is 45.1 Å². The van der Waals surface area contributed by atoms with E-state index in [0.717, 1.165) is 33.4 Å². The maximum Gasteiger partial charge on any atom is 0.246 e. The maximum atomic E-state index is 14.5. The summed E-state index contributed by atoms with van der Waals surface area (Å²) >= 11 is 0. The third kappa shape index (κ3) is 11.3. The molecule has 4 aromatic rings. The Morgan fingerprint density at radius 2 is 1.18 bits per heavy atom. The van der Waals surface area contributed by atoms with Gasteiger partial charge in [0.25, 0.3) is 0 Å². The fourth-order valence-corrected chi connectivity index (χ4v) is 6.04. The van der Waals surface area contributed by atoms with Crippen LogP contribution in [0.3, 0.4) is 0 Å². The van der Waals surface area contributed by atoms with E-state index >= 15 is 0 Å². The van der Waals surface area contributed by atoms with Crippen LogP contribution in [0.25, 0.3) is 11.1 Å². The quantitative estimate of drug-likeness (QED) is 0.148. The molecule has 4 aromatic carbocycles. The number of benzene rings is 4. The van der Waals surface area contributed by atoms with E-state index in [1.54, 1.807) is 20.2 Å². The van der Waals surface area contributed by atoms with Crippen molar-refractivity contribution in [2.75, 3.05) is 20.6 Å². The highest BCUT2D eigenvalue weighted by Crippen LogP contribution is 2.22. The fourth-order valence-electron chi connectivity index (χ4n) is 6.04. The number of carbonyl (C=O) groups is 3. The van der Waals surface area contributed by atoms with E-state index in [-0.39, 0.29) is 24.1 Å². The Balaban J connectivity index is 1.61. The van der Waals surface area contributed by atoms with Gasteiger partial charge in [-0.05, 0) is 61.4 Å². The molecular formula is C42H50N4O3. The van der Waals surface area contributed by atoms with Gasteiger partial charge in [0.1, 0.15) is 12.1 Å². The second kappa shape index (κ2) is 17.4. The largest absolute Gasteiger partial charge is 0.354 e. The molecule has 0 fully saturated rings. The molecule has 0 saturated heterocycles. The first-order valence-electron chi connectivity index (χ1n) is 16.9. The molecule has 0 radical (unpaired) electrons. The van der Waals surface area contributed by atoms with Crippen LogP contribution in [-0.2, 0) is 33.6 Å². The lowest BCUT2D eigenvalue weighted by molar-refractivity contribution is -0.146. The highest BCUT2D eigenvalue weighted by Gasteiger charge is 2.35. The summed E-state index contributed by atoms with van der Waals surface area (Å²) in [5, 5.41) is 3.06. The summed E-state index contributed by atoms with van der Waals surface area (Å²) in [5.41, 5.74) is 11.7. The van der Waals surface area contributed by atoms with Gasteiger partial charge in [-0.25, -0.2) is 0 Å². The third-order valence-corrected chi connectivity index (χ3v) is 8.64. The van der Waals surface area contributed by atoms with Crippen molar-refractivity contribution in [1.82, 2.24) is 15.1 Å². The Labute approximate surface area is 291 Å². The van der Waals surface area contributed by atoms with Crippen LogP contribution >= 0.6 is 0 Å². The molecule has 0 aromatic heterocycles. The van der Waals surface area contributed by atoms with Crippen LogP contribution in [-0.4, -0.2) is 65.8 Å². The zero-order valence-electron chi connectivity index (χ0n) is 29.4. The van der Waals surface area contributed by atoms with Gasteiger partial charge in [-0.1, -0.05) is 121 Å². The van der Waals surface area contributed by atoms with Crippen molar-refractivity contribution in [3.05, 3.63) is 144 Å². The second-order valence-electron chi connectivity index (χ2n) is 13.6. The van der Waals surface area contributed by atoms with Crippen LogP contribution in [0.1, 0.15) is 43.9 Å². The first-order chi connectivity index (χ1) is 23.4. The van der Waals surface area contributed by atoms with Gasteiger partial charge in [0.05, 0.1) is 0 Å². The van der Waals surface area contributed by atoms with E-state index in [0.29, 0.717) is 25.8 Å². The number of likely N-dealkylation sites (N-methyl/N-ethyl adjacent to an activating group) is 2. The summed E-state index contributed by atoms with van der Waals surface area (Å²) in [7, 11) is 3.31. The monoisotopic (exact) mass is 658 g/mol. The highest BCUT2D eigenvalue weighted by atomic mass is 16.2. The molecule has 3 amide bonds. The van der Waals surface area contributed by atoms with Crippen LogP contribution in [0.4, 0.5) is 0 Å². The van der Waals surface area contributed by atoms with E-state index in [4.69, 9.17) is 5.73 Å². The summed E-state index contributed by atoms with van der Waals surface area (Å²) in [4.78, 5) is 45.0. The summed E-state index contributed by atoms with van der Waals surface area (Å²) in [6.45, 7) is 6.14. The van der Waals surface area contributed by atoms with Crippen molar-refractivity contribution in [3.63, 3.8) is 0 Å². The van der Waals surface area contributed by atoms with Crippen molar-refractivity contribution in [2.45, 2.75) is 64.1 Å². The normalized spacial score (nSPS) is 12.9. The van der Waals surface area contributed by atoms with Crippen LogP contribution in [0.2, 0.25) is 0 Å². The lowest BCUT2D eigenvalue weighted by Crippen LogP contribution is -2.56. The number of carbonyl (C=O) groups excluding carboxylic acids is 3. The number of amides is 3. The molecule has 7 heteroatoms. The maximum absolute atomic E-state index is 14.5. The molecule has 0 aliphatic heterocycles. The fraction of sp³-hybridized carbons (Fsp3) is 0.310. The Bertz CT molecular complexity index is 1680. The molecular weight excluding hydrogens is 608 g/mol. The molecule has 7 nitrogen and oxygen atoms in total. The average Bonchev–Trinajstić information content (AvgIpc) is 3.09. The molecule has 0 unspecified atom stereocenters. The molecule has 3 N–H and O–H groups in total. The van der Waals surface area contributed by atoms with Crippen molar-refractivity contribution >= 4 is 17.7 Å². The third-order valence-electron chi connectivity index (χ3n) is 8.64. The second-order valence-corrected chi connectivity index (χ2v) is 13.6. The van der Waals surface area contributed by atoms with E-state index in [2.05, 4.69) is 17.4 Å². The molecule has 0 aliphatic rings. The molecule has 2 atom stereocenters. The minimum Gasteiger partial charge on any atom is -0.354 e. The summed E-state index contributed by atoms with van der Waals surface area (Å²) in [6, 6.07) is 36.1. The van der Waals surface area contributed by atoms with Gasteiger partial charge in [-0.2, -0.15) is 0 Å². The number of hydrogen-bond acceptors (Lipinski definition) is 4. The first-order valence-corrected chi connectivity index (χ1v) is 16.9. The smallest absolute Gasteiger partial charge is 0.246 e. The SMILES string of the molecule is C/C(=C\C(=O)N(C)[C@H](Cc1ccc(-c2ccccc2)cc1)C(=O)N(C)[C@H](Cc1ccccc1)C(=O)NCCc1ccccc1)CC(C)(C)N. The Hall–Kier alpha value is -5.01. The number of nitrogens with zero attached hydrogens (tertiary/aromatic N) is 2. The summed E-state index contributed by atoms with van der Waals surface area (Å²) < 4.78 is 0. The highest BCUT2D eigenvalue weighted by molar-refractivity contribution is 5.95. The molecule has 0 bridgehead atoms. The van der Waals surface area contributed by atoms with Crippen LogP contribution in [0.15, 0.2) is 127 Å². The summed E-state index contributed by atoms with van der Waals surface area (Å²) in [5.74, 6) is -0.842. The standard InChI is InChI=1S/C42H50N4O3/c1-31(30-42(2,3)43)27-39(47)45(4)38(29-34-21-23-36(24-22-34)35-19-13-8-14-20-35)41(49)46(5)37(28-33-17-11-7-12-18-33)40(48)44-26-25-32-15-9-6-10-16-32/h6-24,27,37-38H,25-26,28-30,43H2,1-5H3,(H,44,48)/b31-27+/t37-,38-/m1/s1. The Kier molecular flexibility index (Phi) is 13.1. The lowest BCUT2D eigenvalue weighted by atomic mass is 9.96. The molecule has 0 aliphatic carbocycles. The minimum atomic E-state index is -0.856. The average molecular weight is 659 g/mol. The van der Waals surface area contributed by atoms with Crippen LogP contribution < -0.4 is 11.1 Å². The number of nitrogens with two attached hydrogens (primary N) is 1. The molecule has 256 valence electrons. The van der Waals surface area contributed by atoms with Gasteiger partial charge in [0.15, 0.2) is 0 Å². The van der Waals surface area contributed by atoms with Gasteiger partial charge in [0.2, 0.25) is 17.7 Å². The predicted octanol–water partition coefficient (Wildman–Crippen LogP) is 6.23. The van der Waals surface area contributed by atoms with E-state index in [1.807, 2.05) is 124 Å². The van der Waals surface area contributed by atoms with Gasteiger partial charge in [-0.3, -0.25) is 14.4 Å². The number of hydrogen-bond donors (Lipinski definition) is 2. The molecule has 49 heavy (non-hydrogen) atoms.